The summed E-state index contributed by atoms with van der Waals surface area (Å²) in [7, 11) is 0.335. The number of benzene rings is 1. The summed E-state index contributed by atoms with van der Waals surface area (Å²) in [5, 5.41) is 0. The standard InChI is InChI=1S/C13H17NO3S/c1-17-13(15)11-6-5-10(18(2)16)9-12(11)14-7-3-4-8-14/h5-6,9H,3-4,7-8H2,1-2H3. The molecule has 0 aromatic heterocycles. The number of carbonyl (C=O) groups is 1. The van der Waals surface area contributed by atoms with Gasteiger partial charge in [-0.2, -0.15) is 0 Å². The van der Waals surface area contributed by atoms with Crippen LogP contribution in [0.2, 0.25) is 0 Å². The molecule has 1 unspecified atom stereocenters. The molecule has 0 amide bonds. The number of ether oxygens (including phenoxy) is 1. The molecule has 1 aromatic rings. The van der Waals surface area contributed by atoms with Crippen LogP contribution in [-0.2, 0) is 15.5 Å². The quantitative estimate of drug-likeness (QED) is 0.784. The summed E-state index contributed by atoms with van der Waals surface area (Å²) >= 11 is 0. The van der Waals surface area contributed by atoms with Crippen molar-refractivity contribution in [1.29, 1.82) is 0 Å². The molecule has 1 heterocycles. The molecular weight excluding hydrogens is 250 g/mol. The Morgan fingerprint density at radius 1 is 1.33 bits per heavy atom. The van der Waals surface area contributed by atoms with E-state index in [1.165, 1.54) is 7.11 Å². The van der Waals surface area contributed by atoms with Gasteiger partial charge in [-0.25, -0.2) is 4.79 Å². The smallest absolute Gasteiger partial charge is 0.339 e. The summed E-state index contributed by atoms with van der Waals surface area (Å²) in [5.74, 6) is -0.342. The van der Waals surface area contributed by atoms with Crippen molar-refractivity contribution in [3.8, 4) is 0 Å². The second-order valence-corrected chi connectivity index (χ2v) is 5.70. The molecule has 98 valence electrons. The molecule has 2 rings (SSSR count). The summed E-state index contributed by atoms with van der Waals surface area (Å²) in [5.41, 5.74) is 1.39. The Bertz CT molecular complexity index is 481. The van der Waals surface area contributed by atoms with Crippen LogP contribution >= 0.6 is 0 Å². The molecule has 1 atom stereocenters. The van der Waals surface area contributed by atoms with Crippen LogP contribution in [0.1, 0.15) is 23.2 Å². The monoisotopic (exact) mass is 267 g/mol. The second-order valence-electron chi connectivity index (χ2n) is 4.32. The molecule has 0 saturated carbocycles. The molecule has 0 radical (unpaired) electrons. The van der Waals surface area contributed by atoms with Crippen molar-refractivity contribution in [1.82, 2.24) is 0 Å². The van der Waals surface area contributed by atoms with Crippen LogP contribution in [0.25, 0.3) is 0 Å². The molecular formula is C13H17NO3S. The Morgan fingerprint density at radius 3 is 2.56 bits per heavy atom. The van der Waals surface area contributed by atoms with Crippen LogP contribution in [0.4, 0.5) is 5.69 Å². The number of hydrogen-bond acceptors (Lipinski definition) is 4. The van der Waals surface area contributed by atoms with Crippen molar-refractivity contribution in [2.24, 2.45) is 0 Å². The highest BCUT2D eigenvalue weighted by molar-refractivity contribution is 7.84. The van der Waals surface area contributed by atoms with E-state index >= 15 is 0 Å². The number of carbonyl (C=O) groups excluding carboxylic acids is 1. The minimum absolute atomic E-state index is 0.342. The third-order valence-electron chi connectivity index (χ3n) is 3.15. The van der Waals surface area contributed by atoms with Gasteiger partial charge in [-0.15, -0.1) is 0 Å². The van der Waals surface area contributed by atoms with E-state index < -0.39 is 10.8 Å². The third kappa shape index (κ3) is 2.56. The maximum absolute atomic E-state index is 11.7. The lowest BCUT2D eigenvalue weighted by molar-refractivity contribution is 0.0601. The summed E-state index contributed by atoms with van der Waals surface area (Å²) in [6.07, 6.45) is 3.89. The summed E-state index contributed by atoms with van der Waals surface area (Å²) in [6.45, 7) is 1.87. The van der Waals surface area contributed by atoms with E-state index in [0.29, 0.717) is 5.56 Å². The minimum atomic E-state index is -1.04. The van der Waals surface area contributed by atoms with E-state index in [0.717, 1.165) is 36.5 Å². The molecule has 0 N–H and O–H groups in total. The Labute approximate surface area is 109 Å². The van der Waals surface area contributed by atoms with Gasteiger partial charge in [0.2, 0.25) is 0 Å². The van der Waals surface area contributed by atoms with Crippen LogP contribution in [0.3, 0.4) is 0 Å². The van der Waals surface area contributed by atoms with Crippen molar-refractivity contribution >= 4 is 22.5 Å². The number of hydrogen-bond donors (Lipinski definition) is 0. The van der Waals surface area contributed by atoms with Gasteiger partial charge in [0.15, 0.2) is 0 Å². The maximum Gasteiger partial charge on any atom is 0.339 e. The highest BCUT2D eigenvalue weighted by atomic mass is 32.2. The van der Waals surface area contributed by atoms with Gasteiger partial charge in [0.1, 0.15) is 0 Å². The Kier molecular flexibility index (Phi) is 4.01. The molecule has 0 bridgehead atoms. The molecule has 1 fully saturated rings. The largest absolute Gasteiger partial charge is 0.465 e. The van der Waals surface area contributed by atoms with Crippen LogP contribution in [0.5, 0.6) is 0 Å². The SMILES string of the molecule is COC(=O)c1ccc(S(C)=O)cc1N1CCCC1. The zero-order chi connectivity index (χ0) is 13.1. The van der Waals surface area contributed by atoms with Gasteiger partial charge in [-0.05, 0) is 31.0 Å². The van der Waals surface area contributed by atoms with Gasteiger partial charge in [-0.1, -0.05) is 0 Å². The Balaban J connectivity index is 2.45. The van der Waals surface area contributed by atoms with Crippen molar-refractivity contribution in [3.63, 3.8) is 0 Å². The van der Waals surface area contributed by atoms with E-state index in [4.69, 9.17) is 4.74 Å². The fraction of sp³-hybridized carbons (Fsp3) is 0.462. The minimum Gasteiger partial charge on any atom is -0.465 e. The normalized spacial score (nSPS) is 16.7. The first kappa shape index (κ1) is 13.1. The van der Waals surface area contributed by atoms with Gasteiger partial charge in [0, 0.05) is 35.0 Å². The molecule has 0 spiro atoms. The van der Waals surface area contributed by atoms with Gasteiger partial charge in [0.25, 0.3) is 0 Å². The topological polar surface area (TPSA) is 46.6 Å². The van der Waals surface area contributed by atoms with E-state index in [9.17, 15) is 9.00 Å². The van der Waals surface area contributed by atoms with Gasteiger partial charge in [0.05, 0.1) is 18.4 Å². The highest BCUT2D eigenvalue weighted by Gasteiger charge is 2.20. The van der Waals surface area contributed by atoms with Crippen LogP contribution < -0.4 is 4.90 Å². The molecule has 1 saturated heterocycles. The second kappa shape index (κ2) is 5.52. The highest BCUT2D eigenvalue weighted by Crippen LogP contribution is 2.27. The zero-order valence-electron chi connectivity index (χ0n) is 10.6. The average molecular weight is 267 g/mol. The van der Waals surface area contributed by atoms with Crippen molar-refractivity contribution < 1.29 is 13.7 Å². The van der Waals surface area contributed by atoms with Gasteiger partial charge < -0.3 is 9.64 Å². The first-order chi connectivity index (χ1) is 8.63. The number of esters is 1. The first-order valence-electron chi connectivity index (χ1n) is 5.94. The van der Waals surface area contributed by atoms with Crippen molar-refractivity contribution in [2.75, 3.05) is 31.4 Å². The van der Waals surface area contributed by atoms with E-state index in [1.54, 1.807) is 18.4 Å². The zero-order valence-corrected chi connectivity index (χ0v) is 11.5. The molecule has 5 heteroatoms. The summed E-state index contributed by atoms with van der Waals surface area (Å²) < 4.78 is 16.3. The summed E-state index contributed by atoms with van der Waals surface area (Å²) in [4.78, 5) is 14.6. The lowest BCUT2D eigenvalue weighted by atomic mass is 10.1. The van der Waals surface area contributed by atoms with Crippen LogP contribution in [0, 0.1) is 0 Å². The van der Waals surface area contributed by atoms with Crippen LogP contribution in [0.15, 0.2) is 23.1 Å². The Morgan fingerprint density at radius 2 is 2.00 bits per heavy atom. The van der Waals surface area contributed by atoms with E-state index in [2.05, 4.69) is 4.90 Å². The van der Waals surface area contributed by atoms with Gasteiger partial charge >= 0.3 is 5.97 Å². The molecule has 1 aliphatic heterocycles. The predicted molar refractivity (Wildman–Crippen MR) is 71.6 cm³/mol. The number of rotatable bonds is 3. The number of anilines is 1. The molecule has 1 aromatic carbocycles. The lowest BCUT2D eigenvalue weighted by Crippen LogP contribution is -2.21. The number of nitrogens with zero attached hydrogens (tertiary/aromatic N) is 1. The molecule has 4 nitrogen and oxygen atoms in total. The third-order valence-corrected chi connectivity index (χ3v) is 4.07. The number of methoxy groups -OCH3 is 1. The molecule has 1 aliphatic rings. The molecule has 0 aliphatic carbocycles. The fourth-order valence-electron chi connectivity index (χ4n) is 2.19. The predicted octanol–water partition coefficient (Wildman–Crippen LogP) is 1.81. The van der Waals surface area contributed by atoms with Gasteiger partial charge in [-0.3, -0.25) is 4.21 Å². The average Bonchev–Trinajstić information content (AvgIpc) is 2.90. The summed E-state index contributed by atoms with van der Waals surface area (Å²) in [6, 6.07) is 5.27. The van der Waals surface area contributed by atoms with Crippen molar-refractivity contribution in [2.45, 2.75) is 17.7 Å². The van der Waals surface area contributed by atoms with E-state index in [-0.39, 0.29) is 5.97 Å². The first-order valence-corrected chi connectivity index (χ1v) is 7.50. The lowest BCUT2D eigenvalue weighted by Gasteiger charge is -2.21. The Hall–Kier alpha value is -1.36. The molecule has 18 heavy (non-hydrogen) atoms. The maximum atomic E-state index is 11.7. The van der Waals surface area contributed by atoms with E-state index in [1.807, 2.05) is 6.07 Å². The fourth-order valence-corrected chi connectivity index (χ4v) is 2.73. The van der Waals surface area contributed by atoms with Crippen LogP contribution in [-0.4, -0.2) is 36.6 Å². The van der Waals surface area contributed by atoms with Crippen molar-refractivity contribution in [3.05, 3.63) is 23.8 Å².